The van der Waals surface area contributed by atoms with Gasteiger partial charge in [-0.25, -0.2) is 0 Å². The van der Waals surface area contributed by atoms with Gasteiger partial charge in [-0.05, 0) is 37.3 Å². The quantitative estimate of drug-likeness (QED) is 0.398. The fraction of sp³-hybridized carbons (Fsp3) is 0.304. The first-order valence-electron chi connectivity index (χ1n) is 10.5. The average molecular weight is 486 g/mol. The first-order valence-corrected chi connectivity index (χ1v) is 11.5. The predicted molar refractivity (Wildman–Crippen MR) is 129 cm³/mol. The Balaban J connectivity index is 1.59. The molecule has 180 valence electrons. The van der Waals surface area contributed by atoms with E-state index < -0.39 is 0 Å². The minimum Gasteiger partial charge on any atom is -0.495 e. The number of ether oxygens (including phenoxy) is 3. The number of methoxy groups -OCH3 is 3. The van der Waals surface area contributed by atoms with E-state index in [1.807, 2.05) is 23.6 Å². The summed E-state index contributed by atoms with van der Waals surface area (Å²) in [7, 11) is 4.60. The number of anilines is 1. The summed E-state index contributed by atoms with van der Waals surface area (Å²) >= 11 is 1.27. The van der Waals surface area contributed by atoms with Gasteiger partial charge < -0.3 is 29.4 Å². The van der Waals surface area contributed by atoms with Gasteiger partial charge in [-0.2, -0.15) is 0 Å². The van der Waals surface area contributed by atoms with E-state index >= 15 is 0 Å². The molecule has 3 aromatic rings. The van der Waals surface area contributed by atoms with Crippen LogP contribution in [0.5, 0.6) is 17.2 Å². The molecule has 3 rings (SSSR count). The lowest BCUT2D eigenvalue weighted by Gasteiger charge is -2.11. The fourth-order valence-corrected chi connectivity index (χ4v) is 4.00. The highest BCUT2D eigenvalue weighted by Crippen LogP contribution is 2.27. The van der Waals surface area contributed by atoms with Gasteiger partial charge in [0.2, 0.25) is 5.91 Å². The molecule has 0 spiro atoms. The number of hydrogen-bond donors (Lipinski definition) is 2. The topological polar surface area (TPSA) is 117 Å². The number of benzene rings is 2. The van der Waals surface area contributed by atoms with Crippen molar-refractivity contribution in [3.63, 3.8) is 0 Å². The van der Waals surface area contributed by atoms with Crippen LogP contribution in [-0.2, 0) is 17.9 Å². The summed E-state index contributed by atoms with van der Waals surface area (Å²) in [4.78, 5) is 25.0. The molecule has 0 saturated carbocycles. The third kappa shape index (κ3) is 5.98. The molecule has 2 amide bonds. The number of carbonyl (C=O) groups excluding carboxylic acids is 2. The SMILES string of the molecule is CCn1c(CNC(=O)c2ccc(OC)c(OC)c2)nnc1SCC(=O)Nc1ccccc1OC. The number of nitrogens with zero attached hydrogens (tertiary/aromatic N) is 3. The van der Waals surface area contributed by atoms with Crippen molar-refractivity contribution in [1.82, 2.24) is 20.1 Å². The number of thioether (sulfide) groups is 1. The van der Waals surface area contributed by atoms with Crippen LogP contribution < -0.4 is 24.8 Å². The molecule has 0 saturated heterocycles. The number of hydrogen-bond acceptors (Lipinski definition) is 8. The monoisotopic (exact) mass is 485 g/mol. The summed E-state index contributed by atoms with van der Waals surface area (Å²) in [5, 5.41) is 14.6. The molecule has 0 bridgehead atoms. The molecule has 2 aromatic carbocycles. The molecule has 0 aliphatic carbocycles. The van der Waals surface area contributed by atoms with Crippen molar-refractivity contribution < 1.29 is 23.8 Å². The Kier molecular flexibility index (Phi) is 8.74. The predicted octanol–water partition coefficient (Wildman–Crippen LogP) is 2.98. The molecule has 34 heavy (non-hydrogen) atoms. The second-order valence-electron chi connectivity index (χ2n) is 6.93. The van der Waals surface area contributed by atoms with Crippen LogP contribution in [0, 0.1) is 0 Å². The number of para-hydroxylation sites is 2. The van der Waals surface area contributed by atoms with E-state index in [4.69, 9.17) is 14.2 Å². The van der Waals surface area contributed by atoms with Crippen LogP contribution in [0.1, 0.15) is 23.1 Å². The van der Waals surface area contributed by atoms with Gasteiger partial charge in [0, 0.05) is 12.1 Å². The van der Waals surface area contributed by atoms with Gasteiger partial charge in [-0.15, -0.1) is 10.2 Å². The summed E-state index contributed by atoms with van der Waals surface area (Å²) in [6, 6.07) is 12.1. The standard InChI is InChI=1S/C23H27N5O5S/c1-5-28-20(13-24-22(30)15-10-11-18(32-3)19(12-15)33-4)26-27-23(28)34-14-21(29)25-16-8-6-7-9-17(16)31-2/h6-12H,5,13-14H2,1-4H3,(H,24,30)(H,25,29). The fourth-order valence-electron chi connectivity index (χ4n) is 3.18. The Morgan fingerprint density at radius 1 is 0.971 bits per heavy atom. The van der Waals surface area contributed by atoms with Crippen LogP contribution in [0.25, 0.3) is 0 Å². The molecule has 2 N–H and O–H groups in total. The van der Waals surface area contributed by atoms with Crippen molar-refractivity contribution in [1.29, 1.82) is 0 Å². The lowest BCUT2D eigenvalue weighted by molar-refractivity contribution is -0.113. The van der Waals surface area contributed by atoms with E-state index in [2.05, 4.69) is 20.8 Å². The minimum absolute atomic E-state index is 0.147. The average Bonchev–Trinajstić information content (AvgIpc) is 3.27. The highest BCUT2D eigenvalue weighted by Gasteiger charge is 2.16. The molecule has 0 unspecified atom stereocenters. The van der Waals surface area contributed by atoms with Gasteiger partial charge in [-0.1, -0.05) is 23.9 Å². The number of carbonyl (C=O) groups is 2. The lowest BCUT2D eigenvalue weighted by Crippen LogP contribution is -2.25. The van der Waals surface area contributed by atoms with Crippen LogP contribution in [0.4, 0.5) is 5.69 Å². The van der Waals surface area contributed by atoms with Gasteiger partial charge in [0.1, 0.15) is 5.75 Å². The molecule has 0 fully saturated rings. The number of aromatic nitrogens is 3. The van der Waals surface area contributed by atoms with Gasteiger partial charge in [-0.3, -0.25) is 9.59 Å². The van der Waals surface area contributed by atoms with E-state index in [0.717, 1.165) is 0 Å². The zero-order chi connectivity index (χ0) is 24.5. The van der Waals surface area contributed by atoms with E-state index in [0.29, 0.717) is 46.0 Å². The molecule has 0 atom stereocenters. The van der Waals surface area contributed by atoms with E-state index in [9.17, 15) is 9.59 Å². The van der Waals surface area contributed by atoms with E-state index in [-0.39, 0.29) is 24.1 Å². The van der Waals surface area contributed by atoms with Crippen molar-refractivity contribution in [2.24, 2.45) is 0 Å². The van der Waals surface area contributed by atoms with E-state index in [1.165, 1.54) is 26.0 Å². The third-order valence-corrected chi connectivity index (χ3v) is 5.84. The first-order chi connectivity index (χ1) is 16.5. The second kappa shape index (κ2) is 11.9. The second-order valence-corrected chi connectivity index (χ2v) is 7.88. The van der Waals surface area contributed by atoms with Gasteiger partial charge in [0.05, 0.1) is 39.3 Å². The molecular weight excluding hydrogens is 458 g/mol. The largest absolute Gasteiger partial charge is 0.495 e. The Bertz CT molecular complexity index is 1150. The lowest BCUT2D eigenvalue weighted by atomic mass is 10.2. The smallest absolute Gasteiger partial charge is 0.251 e. The Morgan fingerprint density at radius 3 is 2.41 bits per heavy atom. The van der Waals surface area contributed by atoms with Crippen molar-refractivity contribution in [2.45, 2.75) is 25.2 Å². The molecule has 1 heterocycles. The summed E-state index contributed by atoms with van der Waals surface area (Å²) in [6.45, 7) is 2.72. The summed E-state index contributed by atoms with van der Waals surface area (Å²) in [6.07, 6.45) is 0. The van der Waals surface area contributed by atoms with Gasteiger partial charge in [0.25, 0.3) is 5.91 Å². The molecule has 0 radical (unpaired) electrons. The maximum Gasteiger partial charge on any atom is 0.251 e. The highest BCUT2D eigenvalue weighted by molar-refractivity contribution is 7.99. The Hall–Kier alpha value is -3.73. The maximum atomic E-state index is 12.6. The van der Waals surface area contributed by atoms with Crippen LogP contribution in [0.2, 0.25) is 0 Å². The molecule has 0 aliphatic rings. The minimum atomic E-state index is -0.281. The van der Waals surface area contributed by atoms with E-state index in [1.54, 1.807) is 37.4 Å². The molecular formula is C23H27N5O5S. The summed E-state index contributed by atoms with van der Waals surface area (Å²) in [5.41, 5.74) is 1.04. The van der Waals surface area contributed by atoms with Crippen molar-refractivity contribution >= 4 is 29.3 Å². The molecule has 1 aromatic heterocycles. The number of rotatable bonds is 11. The molecule has 10 nitrogen and oxygen atoms in total. The normalized spacial score (nSPS) is 10.5. The van der Waals surface area contributed by atoms with Gasteiger partial charge in [0.15, 0.2) is 22.5 Å². The van der Waals surface area contributed by atoms with Crippen LogP contribution in [0.15, 0.2) is 47.6 Å². The Labute approximate surface area is 202 Å². The maximum absolute atomic E-state index is 12.6. The first kappa shape index (κ1) is 24.9. The zero-order valence-electron chi connectivity index (χ0n) is 19.5. The third-order valence-electron chi connectivity index (χ3n) is 4.88. The van der Waals surface area contributed by atoms with Crippen LogP contribution in [0.3, 0.4) is 0 Å². The van der Waals surface area contributed by atoms with Crippen molar-refractivity contribution in [3.05, 3.63) is 53.9 Å². The highest BCUT2D eigenvalue weighted by atomic mass is 32.2. The molecule has 11 heteroatoms. The zero-order valence-corrected chi connectivity index (χ0v) is 20.3. The number of amides is 2. The van der Waals surface area contributed by atoms with Crippen molar-refractivity contribution in [3.8, 4) is 17.2 Å². The summed E-state index contributed by atoms with van der Waals surface area (Å²) in [5.74, 6) is 1.86. The van der Waals surface area contributed by atoms with Crippen LogP contribution >= 0.6 is 11.8 Å². The van der Waals surface area contributed by atoms with Gasteiger partial charge >= 0.3 is 0 Å². The number of nitrogens with one attached hydrogen (secondary N) is 2. The summed E-state index contributed by atoms with van der Waals surface area (Å²) < 4.78 is 17.6. The molecule has 0 aliphatic heterocycles. The van der Waals surface area contributed by atoms with Crippen molar-refractivity contribution in [2.75, 3.05) is 32.4 Å². The Morgan fingerprint density at radius 2 is 1.71 bits per heavy atom. The van der Waals surface area contributed by atoms with Crippen LogP contribution in [-0.4, -0.2) is 53.7 Å².